The predicted molar refractivity (Wildman–Crippen MR) is 163 cm³/mol. The first-order valence-corrected chi connectivity index (χ1v) is 15.3. The van der Waals surface area contributed by atoms with Crippen LogP contribution in [0.5, 0.6) is 6.01 Å². The van der Waals surface area contributed by atoms with E-state index >= 15 is 4.39 Å². The second-order valence-electron chi connectivity index (χ2n) is 12.6. The van der Waals surface area contributed by atoms with E-state index in [1.807, 2.05) is 11.9 Å². The van der Waals surface area contributed by atoms with E-state index in [1.165, 1.54) is 12.3 Å². The van der Waals surface area contributed by atoms with Gasteiger partial charge in [0.2, 0.25) is 0 Å². The SMILES string of the molecule is C=CC(=O)C1CC[C@@H](N(C)c2nc(OC[C@@]34CCCN3C[C@H](F)C4)nc3c(F)c(-c4cccc5cc(F)c(F)cc45)ncc23)C1. The van der Waals surface area contributed by atoms with Crippen molar-refractivity contribution in [3.05, 3.63) is 66.6 Å². The van der Waals surface area contributed by atoms with Gasteiger partial charge in [0, 0.05) is 43.7 Å². The van der Waals surface area contributed by atoms with E-state index in [9.17, 15) is 18.0 Å². The van der Waals surface area contributed by atoms with Crippen molar-refractivity contribution < 1.29 is 27.1 Å². The first-order chi connectivity index (χ1) is 21.7. The van der Waals surface area contributed by atoms with Gasteiger partial charge in [-0.2, -0.15) is 9.97 Å². The molecule has 0 amide bonds. The molecule has 2 saturated heterocycles. The van der Waals surface area contributed by atoms with Crippen LogP contribution in [0.4, 0.5) is 23.4 Å². The summed E-state index contributed by atoms with van der Waals surface area (Å²) >= 11 is 0. The lowest BCUT2D eigenvalue weighted by molar-refractivity contribution is -0.118. The van der Waals surface area contributed by atoms with Gasteiger partial charge in [-0.15, -0.1) is 0 Å². The molecule has 1 saturated carbocycles. The van der Waals surface area contributed by atoms with Gasteiger partial charge in [0.15, 0.2) is 23.2 Å². The van der Waals surface area contributed by atoms with Crippen LogP contribution in [0.2, 0.25) is 0 Å². The van der Waals surface area contributed by atoms with Crippen LogP contribution in [-0.2, 0) is 4.79 Å². The average molecular weight is 620 g/mol. The molecule has 4 atom stereocenters. The van der Waals surface area contributed by atoms with Crippen molar-refractivity contribution in [2.24, 2.45) is 5.92 Å². The molecule has 7 nitrogen and oxygen atoms in total. The number of halogens is 4. The summed E-state index contributed by atoms with van der Waals surface area (Å²) in [5.41, 5.74) is -0.299. The maximum Gasteiger partial charge on any atom is 0.319 e. The topological polar surface area (TPSA) is 71.5 Å². The van der Waals surface area contributed by atoms with Crippen molar-refractivity contribution >= 4 is 33.3 Å². The lowest BCUT2D eigenvalue weighted by Crippen LogP contribution is -2.43. The van der Waals surface area contributed by atoms with Crippen molar-refractivity contribution in [3.63, 3.8) is 0 Å². The molecule has 4 aromatic rings. The molecule has 45 heavy (non-hydrogen) atoms. The van der Waals surface area contributed by atoms with E-state index in [2.05, 4.69) is 21.4 Å². The number of benzene rings is 2. The van der Waals surface area contributed by atoms with Crippen LogP contribution in [0.3, 0.4) is 0 Å². The van der Waals surface area contributed by atoms with Crippen LogP contribution in [0.25, 0.3) is 32.9 Å². The van der Waals surface area contributed by atoms with Gasteiger partial charge in [-0.25, -0.2) is 17.6 Å². The molecular weight excluding hydrogens is 586 g/mol. The Morgan fingerprint density at radius 2 is 2.00 bits per heavy atom. The first kappa shape index (κ1) is 29.6. The number of nitrogens with zero attached hydrogens (tertiary/aromatic N) is 5. The summed E-state index contributed by atoms with van der Waals surface area (Å²) in [6.07, 6.45) is 5.99. The number of hydrogen-bond acceptors (Lipinski definition) is 7. The highest BCUT2D eigenvalue weighted by Crippen LogP contribution is 2.41. The number of rotatable bonds is 8. The Balaban J connectivity index is 1.32. The van der Waals surface area contributed by atoms with Crippen LogP contribution < -0.4 is 9.64 Å². The molecule has 1 unspecified atom stereocenters. The monoisotopic (exact) mass is 619 g/mol. The zero-order valence-electron chi connectivity index (χ0n) is 24.9. The maximum atomic E-state index is 16.6. The highest BCUT2D eigenvalue weighted by molar-refractivity contribution is 5.99. The number of ether oxygens (including phenoxy) is 1. The van der Waals surface area contributed by atoms with Crippen LogP contribution in [0.1, 0.15) is 38.5 Å². The van der Waals surface area contributed by atoms with E-state index in [-0.39, 0.29) is 47.1 Å². The molecule has 2 aromatic heterocycles. The smallest absolute Gasteiger partial charge is 0.319 e. The number of carbonyl (C=O) groups excluding carboxylic acids is 1. The van der Waals surface area contributed by atoms with E-state index < -0.39 is 29.2 Å². The number of hydrogen-bond donors (Lipinski definition) is 0. The molecule has 0 N–H and O–H groups in total. The number of aromatic nitrogens is 3. The summed E-state index contributed by atoms with van der Waals surface area (Å²) in [5, 5.41) is 1.04. The van der Waals surface area contributed by atoms with E-state index in [1.54, 1.807) is 18.2 Å². The predicted octanol–water partition coefficient (Wildman–Crippen LogP) is 6.58. The van der Waals surface area contributed by atoms with Gasteiger partial charge in [0.05, 0.1) is 10.9 Å². The Morgan fingerprint density at radius 3 is 2.82 bits per heavy atom. The highest BCUT2D eigenvalue weighted by atomic mass is 19.2. The molecule has 0 spiro atoms. The largest absolute Gasteiger partial charge is 0.461 e. The van der Waals surface area contributed by atoms with Crippen molar-refractivity contribution in [3.8, 4) is 17.3 Å². The quantitative estimate of drug-likeness (QED) is 0.163. The number of ketones is 1. The zero-order chi connectivity index (χ0) is 31.5. The molecule has 1 aliphatic carbocycles. The fourth-order valence-electron chi connectivity index (χ4n) is 7.58. The Morgan fingerprint density at radius 1 is 1.18 bits per heavy atom. The second-order valence-corrected chi connectivity index (χ2v) is 12.6. The van der Waals surface area contributed by atoms with E-state index in [4.69, 9.17) is 9.72 Å². The van der Waals surface area contributed by atoms with Gasteiger partial charge >= 0.3 is 6.01 Å². The molecule has 4 heterocycles. The fraction of sp³-hybridized carbons (Fsp3) is 0.412. The Hall–Kier alpha value is -4.12. The van der Waals surface area contributed by atoms with Crippen molar-refractivity contribution in [1.29, 1.82) is 0 Å². The zero-order valence-corrected chi connectivity index (χ0v) is 24.9. The van der Waals surface area contributed by atoms with Gasteiger partial charge in [0.25, 0.3) is 0 Å². The van der Waals surface area contributed by atoms with Gasteiger partial charge in [-0.1, -0.05) is 24.8 Å². The van der Waals surface area contributed by atoms with Crippen LogP contribution in [0, 0.1) is 23.4 Å². The lowest BCUT2D eigenvalue weighted by Gasteiger charge is -2.31. The summed E-state index contributed by atoms with van der Waals surface area (Å²) in [5.74, 6) is -2.57. The lowest BCUT2D eigenvalue weighted by atomic mass is 9.95. The normalized spacial score (nSPS) is 24.8. The first-order valence-electron chi connectivity index (χ1n) is 15.3. The standard InChI is InChI=1S/C34H33F4N5O2/c1-3-28(44)20-8-9-22(12-20)42(2)32-25-16-39-30(23-7-4-6-19-13-26(36)27(37)14-24(19)23)29(38)31(25)40-33(41-32)45-18-34-10-5-11-43(34)17-21(35)15-34/h3-4,6-7,13-14,16,20-22H,1,5,8-12,15,17-18H2,2H3/t20?,21-,22-,34+/m1/s1. The van der Waals surface area contributed by atoms with Gasteiger partial charge < -0.3 is 9.64 Å². The van der Waals surface area contributed by atoms with Crippen LogP contribution in [0.15, 0.2) is 49.2 Å². The van der Waals surface area contributed by atoms with Crippen molar-refractivity contribution in [2.75, 3.05) is 31.6 Å². The summed E-state index contributed by atoms with van der Waals surface area (Å²) in [7, 11) is 1.84. The summed E-state index contributed by atoms with van der Waals surface area (Å²) in [4.78, 5) is 30.0. The minimum absolute atomic E-state index is 0.00525. The summed E-state index contributed by atoms with van der Waals surface area (Å²) in [6, 6.07) is 6.83. The van der Waals surface area contributed by atoms with Gasteiger partial charge in [0.1, 0.15) is 29.8 Å². The van der Waals surface area contributed by atoms with Crippen molar-refractivity contribution in [2.45, 2.75) is 56.3 Å². The number of alkyl halides is 1. The van der Waals surface area contributed by atoms with Gasteiger partial charge in [-0.05, 0) is 67.6 Å². The Bertz CT molecular complexity index is 1840. The van der Waals surface area contributed by atoms with Crippen LogP contribution >= 0.6 is 0 Å². The molecule has 0 bridgehead atoms. The molecule has 234 valence electrons. The van der Waals surface area contributed by atoms with Crippen LogP contribution in [-0.4, -0.2) is 70.1 Å². The third kappa shape index (κ3) is 5.10. The van der Waals surface area contributed by atoms with Crippen molar-refractivity contribution in [1.82, 2.24) is 19.9 Å². The molecule has 3 aliphatic rings. The number of carbonyl (C=O) groups is 1. The number of allylic oxidation sites excluding steroid dienone is 1. The molecular formula is C34H33F4N5O2. The molecule has 2 aromatic carbocycles. The Labute approximate surface area is 257 Å². The summed E-state index contributed by atoms with van der Waals surface area (Å²) in [6.45, 7) is 4.94. The molecule has 7 rings (SSSR count). The third-order valence-electron chi connectivity index (χ3n) is 9.94. The maximum absolute atomic E-state index is 16.6. The highest BCUT2D eigenvalue weighted by Gasteiger charge is 2.49. The van der Waals surface area contributed by atoms with Gasteiger partial charge in [-0.3, -0.25) is 14.7 Å². The van der Waals surface area contributed by atoms with E-state index in [0.717, 1.165) is 37.9 Å². The second kappa shape index (κ2) is 11.3. The molecule has 2 aliphatic heterocycles. The minimum Gasteiger partial charge on any atom is -0.461 e. The number of anilines is 1. The third-order valence-corrected chi connectivity index (χ3v) is 9.94. The minimum atomic E-state index is -1.05. The molecule has 11 heteroatoms. The Kier molecular flexibility index (Phi) is 7.46. The summed E-state index contributed by atoms with van der Waals surface area (Å²) < 4.78 is 65.5. The fourth-order valence-corrected chi connectivity index (χ4v) is 7.58. The van der Waals surface area contributed by atoms with E-state index in [0.29, 0.717) is 47.8 Å². The number of fused-ring (bicyclic) bond motifs is 3. The number of pyridine rings is 1. The average Bonchev–Trinajstić information content (AvgIpc) is 3.75. The molecule has 3 fully saturated rings. The molecule has 0 radical (unpaired) electrons.